The highest BCUT2D eigenvalue weighted by atomic mass is 16.2. The SMILES string of the molecule is CCCCCN(C)C(=O)c1ccc(C)c(N)c1. The van der Waals surface area contributed by atoms with Crippen LogP contribution in [0.1, 0.15) is 42.1 Å². The van der Waals surface area contributed by atoms with Crippen molar-refractivity contribution in [2.75, 3.05) is 19.3 Å². The predicted molar refractivity (Wildman–Crippen MR) is 72.1 cm³/mol. The van der Waals surface area contributed by atoms with E-state index in [-0.39, 0.29) is 5.91 Å². The first-order valence-corrected chi connectivity index (χ1v) is 6.17. The Morgan fingerprint density at radius 1 is 1.35 bits per heavy atom. The molecule has 0 spiro atoms. The van der Waals surface area contributed by atoms with Crippen molar-refractivity contribution in [1.29, 1.82) is 0 Å². The van der Waals surface area contributed by atoms with Gasteiger partial charge in [-0.15, -0.1) is 0 Å². The number of nitrogens with two attached hydrogens (primary N) is 1. The number of nitrogen functional groups attached to an aromatic ring is 1. The summed E-state index contributed by atoms with van der Waals surface area (Å²) in [6.07, 6.45) is 3.38. The summed E-state index contributed by atoms with van der Waals surface area (Å²) < 4.78 is 0. The average Bonchev–Trinajstić information content (AvgIpc) is 2.32. The summed E-state index contributed by atoms with van der Waals surface area (Å²) in [6, 6.07) is 5.49. The Labute approximate surface area is 104 Å². The maximum atomic E-state index is 12.1. The zero-order chi connectivity index (χ0) is 12.8. The molecule has 0 saturated heterocycles. The maximum Gasteiger partial charge on any atom is 0.253 e. The molecule has 3 nitrogen and oxygen atoms in total. The van der Waals surface area contributed by atoms with Gasteiger partial charge in [0.1, 0.15) is 0 Å². The summed E-state index contributed by atoms with van der Waals surface area (Å²) in [7, 11) is 1.84. The van der Waals surface area contributed by atoms with Gasteiger partial charge >= 0.3 is 0 Å². The summed E-state index contributed by atoms with van der Waals surface area (Å²) in [6.45, 7) is 4.90. The van der Waals surface area contributed by atoms with E-state index in [2.05, 4.69) is 6.92 Å². The lowest BCUT2D eigenvalue weighted by atomic mass is 10.1. The summed E-state index contributed by atoms with van der Waals surface area (Å²) in [5.74, 6) is 0.0489. The van der Waals surface area contributed by atoms with Crippen molar-refractivity contribution in [3.63, 3.8) is 0 Å². The molecule has 0 fully saturated rings. The first kappa shape index (κ1) is 13.6. The van der Waals surface area contributed by atoms with Gasteiger partial charge < -0.3 is 10.6 Å². The second-order valence-electron chi connectivity index (χ2n) is 4.51. The van der Waals surface area contributed by atoms with Crippen LogP contribution in [0.2, 0.25) is 0 Å². The van der Waals surface area contributed by atoms with E-state index in [1.54, 1.807) is 11.0 Å². The lowest BCUT2D eigenvalue weighted by Gasteiger charge is -2.17. The third-order valence-electron chi connectivity index (χ3n) is 2.97. The zero-order valence-electron chi connectivity index (χ0n) is 11.0. The minimum atomic E-state index is 0.0489. The monoisotopic (exact) mass is 234 g/mol. The number of benzene rings is 1. The number of hydrogen-bond acceptors (Lipinski definition) is 2. The van der Waals surface area contributed by atoms with Crippen molar-refractivity contribution in [2.24, 2.45) is 0 Å². The van der Waals surface area contributed by atoms with Crippen molar-refractivity contribution in [3.05, 3.63) is 29.3 Å². The number of amides is 1. The van der Waals surface area contributed by atoms with Crippen LogP contribution in [0.4, 0.5) is 5.69 Å². The summed E-state index contributed by atoms with van der Waals surface area (Å²) >= 11 is 0. The van der Waals surface area contributed by atoms with E-state index in [1.807, 2.05) is 26.1 Å². The van der Waals surface area contributed by atoms with E-state index >= 15 is 0 Å². The number of aryl methyl sites for hydroxylation is 1. The van der Waals surface area contributed by atoms with Gasteiger partial charge in [-0.2, -0.15) is 0 Å². The van der Waals surface area contributed by atoms with Crippen molar-refractivity contribution < 1.29 is 4.79 Å². The van der Waals surface area contributed by atoms with E-state index in [9.17, 15) is 4.79 Å². The standard InChI is InChI=1S/C14H22N2O/c1-4-5-6-9-16(3)14(17)12-8-7-11(2)13(15)10-12/h7-8,10H,4-6,9,15H2,1-3H3. The topological polar surface area (TPSA) is 46.3 Å². The minimum Gasteiger partial charge on any atom is -0.398 e. The highest BCUT2D eigenvalue weighted by Crippen LogP contribution is 2.14. The quantitative estimate of drug-likeness (QED) is 0.629. The molecule has 0 saturated carbocycles. The molecule has 17 heavy (non-hydrogen) atoms. The fraction of sp³-hybridized carbons (Fsp3) is 0.500. The molecular formula is C14H22N2O. The predicted octanol–water partition coefficient (Wildman–Crippen LogP) is 2.84. The number of unbranched alkanes of at least 4 members (excludes halogenated alkanes) is 2. The van der Waals surface area contributed by atoms with Crippen molar-refractivity contribution in [2.45, 2.75) is 33.1 Å². The van der Waals surface area contributed by atoms with Crippen molar-refractivity contribution in [3.8, 4) is 0 Å². The Hall–Kier alpha value is -1.51. The molecule has 0 aliphatic carbocycles. The average molecular weight is 234 g/mol. The number of carbonyl (C=O) groups excluding carboxylic acids is 1. The van der Waals surface area contributed by atoms with Crippen LogP contribution in [0.15, 0.2) is 18.2 Å². The summed E-state index contributed by atoms with van der Waals surface area (Å²) in [5.41, 5.74) is 8.17. The fourth-order valence-corrected chi connectivity index (χ4v) is 1.69. The molecule has 0 aromatic heterocycles. The highest BCUT2D eigenvalue weighted by molar-refractivity contribution is 5.95. The van der Waals surface area contributed by atoms with E-state index in [0.717, 1.165) is 24.9 Å². The number of anilines is 1. The molecule has 0 bridgehead atoms. The van der Waals surface area contributed by atoms with Crippen molar-refractivity contribution >= 4 is 11.6 Å². The molecule has 1 amide bonds. The van der Waals surface area contributed by atoms with Gasteiger partial charge in [-0.3, -0.25) is 4.79 Å². The number of carbonyl (C=O) groups is 1. The van der Waals surface area contributed by atoms with E-state index in [1.165, 1.54) is 6.42 Å². The van der Waals surface area contributed by atoms with E-state index < -0.39 is 0 Å². The molecule has 0 aliphatic rings. The molecular weight excluding hydrogens is 212 g/mol. The van der Waals surface area contributed by atoms with E-state index in [4.69, 9.17) is 5.73 Å². The van der Waals surface area contributed by atoms with Gasteiger partial charge in [0, 0.05) is 24.8 Å². The van der Waals surface area contributed by atoms with Gasteiger partial charge in [-0.1, -0.05) is 25.8 Å². The van der Waals surface area contributed by atoms with Crippen LogP contribution in [-0.4, -0.2) is 24.4 Å². The van der Waals surface area contributed by atoms with Gasteiger partial charge in [0.2, 0.25) is 0 Å². The van der Waals surface area contributed by atoms with Crippen LogP contribution in [-0.2, 0) is 0 Å². The van der Waals surface area contributed by atoms with Crippen molar-refractivity contribution in [1.82, 2.24) is 4.90 Å². The first-order chi connectivity index (χ1) is 8.06. The van der Waals surface area contributed by atoms with Gasteiger partial charge in [0.05, 0.1) is 0 Å². The molecule has 3 heteroatoms. The molecule has 0 heterocycles. The molecule has 0 atom stereocenters. The largest absolute Gasteiger partial charge is 0.398 e. The normalized spacial score (nSPS) is 10.3. The zero-order valence-corrected chi connectivity index (χ0v) is 11.0. The molecule has 0 unspecified atom stereocenters. The number of nitrogens with zero attached hydrogens (tertiary/aromatic N) is 1. The lowest BCUT2D eigenvalue weighted by molar-refractivity contribution is 0.0792. The Balaban J connectivity index is 2.65. The van der Waals surface area contributed by atoms with Crippen LogP contribution in [0.25, 0.3) is 0 Å². The third kappa shape index (κ3) is 3.77. The fourth-order valence-electron chi connectivity index (χ4n) is 1.69. The van der Waals surface area contributed by atoms with Crippen LogP contribution >= 0.6 is 0 Å². The van der Waals surface area contributed by atoms with Crippen LogP contribution in [0, 0.1) is 6.92 Å². The van der Waals surface area contributed by atoms with Gasteiger partial charge in [-0.05, 0) is 31.0 Å². The molecule has 1 aromatic carbocycles. The van der Waals surface area contributed by atoms with Crippen LogP contribution in [0.3, 0.4) is 0 Å². The molecule has 94 valence electrons. The smallest absolute Gasteiger partial charge is 0.253 e. The maximum absolute atomic E-state index is 12.1. The molecule has 1 rings (SSSR count). The van der Waals surface area contributed by atoms with Crippen LogP contribution < -0.4 is 5.73 Å². The Morgan fingerprint density at radius 2 is 2.06 bits per heavy atom. The number of rotatable bonds is 5. The van der Waals surface area contributed by atoms with Gasteiger partial charge in [0.25, 0.3) is 5.91 Å². The summed E-state index contributed by atoms with van der Waals surface area (Å²) in [5, 5.41) is 0. The Morgan fingerprint density at radius 3 is 2.65 bits per heavy atom. The molecule has 0 aliphatic heterocycles. The lowest BCUT2D eigenvalue weighted by Crippen LogP contribution is -2.27. The molecule has 1 aromatic rings. The van der Waals surface area contributed by atoms with E-state index in [0.29, 0.717) is 11.3 Å². The Bertz CT molecular complexity index is 388. The molecule has 2 N–H and O–H groups in total. The second kappa shape index (κ2) is 6.28. The minimum absolute atomic E-state index is 0.0489. The number of hydrogen-bond donors (Lipinski definition) is 1. The van der Waals surface area contributed by atoms with Gasteiger partial charge in [-0.25, -0.2) is 0 Å². The summed E-state index contributed by atoms with van der Waals surface area (Å²) in [4.78, 5) is 13.8. The van der Waals surface area contributed by atoms with Gasteiger partial charge in [0.15, 0.2) is 0 Å². The third-order valence-corrected chi connectivity index (χ3v) is 2.97. The Kier molecular flexibility index (Phi) is 5.01. The van der Waals surface area contributed by atoms with Crippen LogP contribution in [0.5, 0.6) is 0 Å². The highest BCUT2D eigenvalue weighted by Gasteiger charge is 2.11. The molecule has 0 radical (unpaired) electrons. The first-order valence-electron chi connectivity index (χ1n) is 6.17. The second-order valence-corrected chi connectivity index (χ2v) is 4.51.